The molecule has 0 N–H and O–H groups in total. The summed E-state index contributed by atoms with van der Waals surface area (Å²) in [5.41, 5.74) is 16.7. The van der Waals surface area contributed by atoms with Crippen molar-refractivity contribution in [3.8, 4) is 33.4 Å². The van der Waals surface area contributed by atoms with E-state index in [4.69, 9.17) is 0 Å². The highest BCUT2D eigenvalue weighted by atomic mass is 32.1. The Hall–Kier alpha value is -5.44. The van der Waals surface area contributed by atoms with Crippen molar-refractivity contribution in [1.29, 1.82) is 0 Å². The fourth-order valence-electron chi connectivity index (χ4n) is 8.97. The van der Waals surface area contributed by atoms with Crippen molar-refractivity contribution >= 4 is 48.6 Å². The van der Waals surface area contributed by atoms with Gasteiger partial charge in [0.05, 0.1) is 5.69 Å². The molecule has 0 bridgehead atoms. The molecule has 1 aromatic heterocycles. The molecule has 2 aliphatic rings. The van der Waals surface area contributed by atoms with Crippen LogP contribution in [0.3, 0.4) is 0 Å². The molecular formula is C48H37NS. The predicted octanol–water partition coefficient (Wildman–Crippen LogP) is 13.8. The molecule has 0 aliphatic heterocycles. The summed E-state index contributed by atoms with van der Waals surface area (Å²) in [6.07, 6.45) is 0. The second-order valence-corrected chi connectivity index (χ2v) is 16.0. The van der Waals surface area contributed by atoms with Crippen LogP contribution in [0.4, 0.5) is 17.1 Å². The van der Waals surface area contributed by atoms with Crippen LogP contribution in [-0.4, -0.2) is 0 Å². The van der Waals surface area contributed by atoms with Crippen LogP contribution in [-0.2, 0) is 10.8 Å². The highest BCUT2D eigenvalue weighted by Gasteiger charge is 2.40. The van der Waals surface area contributed by atoms with Crippen LogP contribution < -0.4 is 4.90 Å². The van der Waals surface area contributed by atoms with E-state index < -0.39 is 0 Å². The highest BCUT2D eigenvalue weighted by molar-refractivity contribution is 7.25. The average molecular weight is 660 g/mol. The van der Waals surface area contributed by atoms with Gasteiger partial charge in [0.25, 0.3) is 0 Å². The second-order valence-electron chi connectivity index (χ2n) is 15.0. The van der Waals surface area contributed by atoms with Crippen molar-refractivity contribution in [1.82, 2.24) is 0 Å². The summed E-state index contributed by atoms with van der Waals surface area (Å²) in [6.45, 7) is 9.51. The van der Waals surface area contributed by atoms with Gasteiger partial charge in [-0.25, -0.2) is 0 Å². The molecule has 0 amide bonds. The molecule has 2 heteroatoms. The Bertz CT molecular complexity index is 2650. The number of nitrogens with zero attached hydrogens (tertiary/aromatic N) is 1. The van der Waals surface area contributed by atoms with Crippen LogP contribution in [0.5, 0.6) is 0 Å². The van der Waals surface area contributed by atoms with Crippen molar-refractivity contribution in [3.05, 3.63) is 174 Å². The first kappa shape index (κ1) is 29.5. The lowest BCUT2D eigenvalue weighted by Crippen LogP contribution is -2.21. The topological polar surface area (TPSA) is 3.24 Å². The second kappa shape index (κ2) is 10.5. The summed E-state index contributed by atoms with van der Waals surface area (Å²) in [5, 5.41) is 2.66. The number of anilines is 3. The van der Waals surface area contributed by atoms with Gasteiger partial charge in [-0.2, -0.15) is 0 Å². The molecule has 0 saturated carbocycles. The monoisotopic (exact) mass is 659 g/mol. The fourth-order valence-corrected chi connectivity index (χ4v) is 10.1. The van der Waals surface area contributed by atoms with Gasteiger partial charge in [-0.15, -0.1) is 11.3 Å². The smallest absolute Gasteiger partial charge is 0.0508 e. The van der Waals surface area contributed by atoms with E-state index in [1.54, 1.807) is 0 Å². The Morgan fingerprint density at radius 1 is 0.420 bits per heavy atom. The van der Waals surface area contributed by atoms with Crippen LogP contribution in [0.2, 0.25) is 0 Å². The molecule has 50 heavy (non-hydrogen) atoms. The molecule has 1 heterocycles. The number of hydrogen-bond acceptors (Lipinski definition) is 2. The van der Waals surface area contributed by atoms with E-state index in [0.717, 1.165) is 5.69 Å². The Kier molecular flexibility index (Phi) is 6.21. The van der Waals surface area contributed by atoms with Crippen LogP contribution in [0.25, 0.3) is 53.6 Å². The molecule has 8 aromatic rings. The number of hydrogen-bond donors (Lipinski definition) is 0. The van der Waals surface area contributed by atoms with Gasteiger partial charge in [0.15, 0.2) is 0 Å². The average Bonchev–Trinajstić information content (AvgIpc) is 3.72. The number of thiophene rings is 1. The van der Waals surface area contributed by atoms with Crippen molar-refractivity contribution in [3.63, 3.8) is 0 Å². The van der Waals surface area contributed by atoms with E-state index in [0.29, 0.717) is 0 Å². The molecule has 0 spiro atoms. The van der Waals surface area contributed by atoms with Crippen LogP contribution >= 0.6 is 11.3 Å². The van der Waals surface area contributed by atoms with Crippen molar-refractivity contribution in [2.75, 3.05) is 4.90 Å². The molecule has 2 aliphatic carbocycles. The Balaban J connectivity index is 1.15. The van der Waals surface area contributed by atoms with E-state index in [1.807, 2.05) is 11.3 Å². The highest BCUT2D eigenvalue weighted by Crippen LogP contribution is 2.55. The minimum Gasteiger partial charge on any atom is -0.310 e. The number of rotatable bonds is 4. The Morgan fingerprint density at radius 3 is 1.82 bits per heavy atom. The molecule has 10 rings (SSSR count). The quantitative estimate of drug-likeness (QED) is 0.182. The largest absolute Gasteiger partial charge is 0.310 e. The van der Waals surface area contributed by atoms with E-state index in [1.165, 1.54) is 87.2 Å². The van der Waals surface area contributed by atoms with Gasteiger partial charge in [-0.05, 0) is 104 Å². The predicted molar refractivity (Wildman–Crippen MR) is 215 cm³/mol. The third-order valence-electron chi connectivity index (χ3n) is 11.5. The van der Waals surface area contributed by atoms with Gasteiger partial charge in [0.1, 0.15) is 0 Å². The third-order valence-corrected chi connectivity index (χ3v) is 12.6. The van der Waals surface area contributed by atoms with E-state index in [9.17, 15) is 0 Å². The Labute approximate surface area is 298 Å². The zero-order valence-electron chi connectivity index (χ0n) is 28.8. The van der Waals surface area contributed by atoms with E-state index in [2.05, 4.69) is 184 Å². The minimum absolute atomic E-state index is 0.0872. The molecule has 0 atom stereocenters. The zero-order chi connectivity index (χ0) is 33.8. The zero-order valence-corrected chi connectivity index (χ0v) is 29.6. The molecule has 0 saturated heterocycles. The molecule has 0 fully saturated rings. The summed E-state index contributed by atoms with van der Waals surface area (Å²) in [7, 11) is 0. The van der Waals surface area contributed by atoms with Crippen molar-refractivity contribution < 1.29 is 0 Å². The maximum absolute atomic E-state index is 2.51. The van der Waals surface area contributed by atoms with Gasteiger partial charge in [0.2, 0.25) is 0 Å². The summed E-state index contributed by atoms with van der Waals surface area (Å²) in [5.74, 6) is 0. The first-order chi connectivity index (χ1) is 24.3. The lowest BCUT2D eigenvalue weighted by Gasteiger charge is -2.33. The third kappa shape index (κ3) is 4.12. The van der Waals surface area contributed by atoms with Crippen LogP contribution in [0.1, 0.15) is 49.9 Å². The Morgan fingerprint density at radius 2 is 1.02 bits per heavy atom. The normalized spacial score (nSPS) is 14.7. The first-order valence-corrected chi connectivity index (χ1v) is 18.4. The molecule has 1 nitrogen and oxygen atoms in total. The number of benzene rings is 7. The van der Waals surface area contributed by atoms with Gasteiger partial charge in [-0.3, -0.25) is 0 Å². The van der Waals surface area contributed by atoms with Crippen LogP contribution in [0.15, 0.2) is 152 Å². The molecule has 0 radical (unpaired) electrons. The lowest BCUT2D eigenvalue weighted by atomic mass is 9.81. The molecular weight excluding hydrogens is 623 g/mol. The van der Waals surface area contributed by atoms with Gasteiger partial charge in [-0.1, -0.05) is 131 Å². The minimum atomic E-state index is -0.147. The molecule has 0 unspecified atom stereocenters. The maximum atomic E-state index is 2.51. The van der Waals surface area contributed by atoms with Crippen molar-refractivity contribution in [2.45, 2.75) is 38.5 Å². The summed E-state index contributed by atoms with van der Waals surface area (Å²) in [6, 6.07) is 56.7. The van der Waals surface area contributed by atoms with Crippen molar-refractivity contribution in [2.24, 2.45) is 0 Å². The van der Waals surface area contributed by atoms with Gasteiger partial charge in [0, 0.05) is 42.4 Å². The van der Waals surface area contributed by atoms with E-state index >= 15 is 0 Å². The maximum Gasteiger partial charge on any atom is 0.0508 e. The standard InChI is InChI=1S/C48H37NS/c1-47(2)40-16-8-5-12-34(40)36-26-25-33(29-42(36)47)49(43-18-11-15-38-35-13-6-9-17-41(35)48(3,4)46(38)43)32-23-20-30(21-24-32)31-22-27-45-39(28-31)37-14-7-10-19-44(37)50-45/h5-29H,1-4H3. The SMILES string of the molecule is CC1(C)c2ccccc2-c2ccc(N(c3ccc(-c4ccc5sc6ccccc6c5c4)cc3)c3cccc4c3C(C)(C)c3ccccc3-4)cc21. The summed E-state index contributed by atoms with van der Waals surface area (Å²) >= 11 is 1.87. The lowest BCUT2D eigenvalue weighted by molar-refractivity contribution is 0.658. The molecule has 240 valence electrons. The summed E-state index contributed by atoms with van der Waals surface area (Å²) < 4.78 is 2.67. The first-order valence-electron chi connectivity index (χ1n) is 17.6. The fraction of sp³-hybridized carbons (Fsp3) is 0.125. The summed E-state index contributed by atoms with van der Waals surface area (Å²) in [4.78, 5) is 2.51. The number of fused-ring (bicyclic) bond motifs is 9. The van der Waals surface area contributed by atoms with Gasteiger partial charge < -0.3 is 4.90 Å². The van der Waals surface area contributed by atoms with Crippen LogP contribution in [0, 0.1) is 0 Å². The molecule has 7 aromatic carbocycles. The van der Waals surface area contributed by atoms with Gasteiger partial charge >= 0.3 is 0 Å². The van der Waals surface area contributed by atoms with E-state index in [-0.39, 0.29) is 10.8 Å².